The summed E-state index contributed by atoms with van der Waals surface area (Å²) in [6, 6.07) is 26.3. The fourth-order valence-corrected chi connectivity index (χ4v) is 12.9. The van der Waals surface area contributed by atoms with E-state index in [0.717, 1.165) is 22.3 Å². The van der Waals surface area contributed by atoms with Gasteiger partial charge in [-0.25, -0.2) is 33.7 Å². The first-order valence-electron chi connectivity index (χ1n) is 20.1. The van der Waals surface area contributed by atoms with Crippen molar-refractivity contribution in [2.45, 2.75) is 47.3 Å². The Morgan fingerprint density at radius 2 is 0.467 bits per heavy atom. The lowest BCUT2D eigenvalue weighted by molar-refractivity contribution is 0.190. The lowest BCUT2D eigenvalue weighted by Gasteiger charge is -2.30. The molecular formula is C42H56N6O8S4. The van der Waals surface area contributed by atoms with Crippen molar-refractivity contribution in [2.75, 3.05) is 91.6 Å². The molecule has 2 aliphatic heterocycles. The summed E-state index contributed by atoms with van der Waals surface area (Å²) < 4.78 is 118. The van der Waals surface area contributed by atoms with E-state index in [9.17, 15) is 33.7 Å². The van der Waals surface area contributed by atoms with Gasteiger partial charge in [0.05, 0.1) is 19.6 Å². The number of sulfonamides is 4. The van der Waals surface area contributed by atoms with E-state index in [1.54, 1.807) is 97.1 Å². The number of hydrogen-bond donors (Lipinski definition) is 0. The first-order chi connectivity index (χ1) is 28.4. The van der Waals surface area contributed by atoms with Gasteiger partial charge < -0.3 is 0 Å². The van der Waals surface area contributed by atoms with Crippen LogP contribution >= 0.6 is 0 Å². The van der Waals surface area contributed by atoms with Gasteiger partial charge in [-0.3, -0.25) is 9.80 Å². The topological polar surface area (TPSA) is 156 Å². The molecule has 0 radical (unpaired) electrons. The third-order valence-electron chi connectivity index (χ3n) is 11.2. The summed E-state index contributed by atoms with van der Waals surface area (Å²) in [5, 5.41) is 0. The number of nitrogens with zero attached hydrogens (tertiary/aromatic N) is 6. The molecule has 2 saturated heterocycles. The monoisotopic (exact) mass is 900 g/mol. The average molecular weight is 901 g/mol. The predicted octanol–water partition coefficient (Wildman–Crippen LogP) is 3.61. The zero-order valence-electron chi connectivity index (χ0n) is 34.7. The molecule has 0 spiro atoms. The summed E-state index contributed by atoms with van der Waals surface area (Å²) in [6.45, 7) is 9.74. The van der Waals surface area contributed by atoms with Crippen molar-refractivity contribution in [1.29, 1.82) is 0 Å². The van der Waals surface area contributed by atoms with Crippen LogP contribution in [0.1, 0.15) is 22.3 Å². The second-order valence-corrected chi connectivity index (χ2v) is 23.3. The second-order valence-electron chi connectivity index (χ2n) is 15.6. The van der Waals surface area contributed by atoms with Crippen LogP contribution in [0.2, 0.25) is 0 Å². The van der Waals surface area contributed by atoms with Crippen molar-refractivity contribution in [1.82, 2.24) is 27.0 Å². The van der Waals surface area contributed by atoms with E-state index in [1.165, 1.54) is 17.2 Å². The van der Waals surface area contributed by atoms with Gasteiger partial charge in [-0.1, -0.05) is 70.8 Å². The highest BCUT2D eigenvalue weighted by atomic mass is 32.2. The fraction of sp³-hybridized carbons (Fsp3) is 0.429. The Morgan fingerprint density at radius 3 is 0.650 bits per heavy atom. The average Bonchev–Trinajstić information content (AvgIpc) is 3.40. The number of rotatable bonds is 11. The van der Waals surface area contributed by atoms with Gasteiger partial charge in [0.2, 0.25) is 40.1 Å². The largest absolute Gasteiger partial charge is 0.299 e. The molecule has 2 aliphatic rings. The Bertz CT molecular complexity index is 2170. The molecule has 0 saturated carbocycles. The van der Waals surface area contributed by atoms with E-state index >= 15 is 0 Å². The van der Waals surface area contributed by atoms with Crippen LogP contribution in [-0.4, -0.2) is 152 Å². The van der Waals surface area contributed by atoms with E-state index in [1.807, 2.05) is 37.5 Å². The lowest BCUT2D eigenvalue weighted by Crippen LogP contribution is -2.44. The maximum atomic E-state index is 14.0. The van der Waals surface area contributed by atoms with Gasteiger partial charge >= 0.3 is 0 Å². The molecule has 326 valence electrons. The SMILES string of the molecule is Cc1ccc(S(=O)(=O)N2CCN(CCN3CCN(S(=O)(=O)c4ccc(C)cc4)CCN(S(=O)(=O)c4ccc(C)cc4)CC3)CCN(S(=O)(=O)c3ccc(C)cc3)CC2)cc1. The van der Waals surface area contributed by atoms with Crippen LogP contribution in [0.4, 0.5) is 0 Å². The number of benzene rings is 4. The van der Waals surface area contributed by atoms with Gasteiger partial charge in [-0.2, -0.15) is 17.2 Å². The van der Waals surface area contributed by atoms with Crippen LogP contribution in [0.15, 0.2) is 117 Å². The van der Waals surface area contributed by atoms with E-state index < -0.39 is 40.1 Å². The Kier molecular flexibility index (Phi) is 14.7. The molecule has 14 nitrogen and oxygen atoms in total. The molecule has 2 heterocycles. The molecule has 4 aromatic rings. The van der Waals surface area contributed by atoms with Crippen LogP contribution in [0.5, 0.6) is 0 Å². The molecule has 0 aliphatic carbocycles. The van der Waals surface area contributed by atoms with Crippen LogP contribution < -0.4 is 0 Å². The van der Waals surface area contributed by atoms with Gasteiger partial charge in [0.1, 0.15) is 0 Å². The van der Waals surface area contributed by atoms with Gasteiger partial charge in [-0.15, -0.1) is 0 Å². The molecular weight excluding hydrogens is 845 g/mol. The molecule has 2 fully saturated rings. The molecule has 0 amide bonds. The Morgan fingerprint density at radius 1 is 0.300 bits per heavy atom. The van der Waals surface area contributed by atoms with Crippen LogP contribution in [0.3, 0.4) is 0 Å². The van der Waals surface area contributed by atoms with Gasteiger partial charge in [-0.05, 0) is 76.2 Å². The minimum absolute atomic E-state index is 0.0438. The highest BCUT2D eigenvalue weighted by Crippen LogP contribution is 2.23. The first-order valence-corrected chi connectivity index (χ1v) is 25.9. The van der Waals surface area contributed by atoms with Gasteiger partial charge in [0, 0.05) is 91.6 Å². The van der Waals surface area contributed by atoms with Gasteiger partial charge in [0.25, 0.3) is 0 Å². The smallest absolute Gasteiger partial charge is 0.243 e. The van der Waals surface area contributed by atoms with E-state index in [0.29, 0.717) is 39.3 Å². The Hall–Kier alpha value is -3.56. The number of hydrogen-bond acceptors (Lipinski definition) is 10. The minimum Gasteiger partial charge on any atom is -0.299 e. The summed E-state index contributed by atoms with van der Waals surface area (Å²) in [6.07, 6.45) is 0. The second kappa shape index (κ2) is 19.2. The molecule has 60 heavy (non-hydrogen) atoms. The predicted molar refractivity (Wildman–Crippen MR) is 233 cm³/mol. The van der Waals surface area contributed by atoms with Gasteiger partial charge in [0.15, 0.2) is 0 Å². The first kappa shape index (κ1) is 46.0. The van der Waals surface area contributed by atoms with Crippen molar-refractivity contribution >= 4 is 40.1 Å². The molecule has 0 atom stereocenters. The van der Waals surface area contributed by atoms with Crippen molar-refractivity contribution in [3.05, 3.63) is 119 Å². The highest BCUT2D eigenvalue weighted by Gasteiger charge is 2.33. The third-order valence-corrected chi connectivity index (χ3v) is 18.9. The lowest BCUT2D eigenvalue weighted by atomic mass is 10.2. The van der Waals surface area contributed by atoms with Crippen LogP contribution in [0, 0.1) is 27.7 Å². The highest BCUT2D eigenvalue weighted by molar-refractivity contribution is 7.90. The Balaban J connectivity index is 1.26. The molecule has 0 unspecified atom stereocenters. The van der Waals surface area contributed by atoms with Crippen molar-refractivity contribution in [3.8, 4) is 0 Å². The maximum Gasteiger partial charge on any atom is 0.243 e. The molecule has 0 aromatic heterocycles. The third kappa shape index (κ3) is 10.9. The molecule has 0 N–H and O–H groups in total. The van der Waals surface area contributed by atoms with Crippen molar-refractivity contribution in [2.24, 2.45) is 0 Å². The fourth-order valence-electron chi connectivity index (χ4n) is 7.26. The molecule has 18 heteroatoms. The zero-order valence-corrected chi connectivity index (χ0v) is 38.0. The van der Waals surface area contributed by atoms with Crippen LogP contribution in [0.25, 0.3) is 0 Å². The van der Waals surface area contributed by atoms with E-state index in [4.69, 9.17) is 0 Å². The van der Waals surface area contributed by atoms with Crippen LogP contribution in [-0.2, 0) is 40.1 Å². The summed E-state index contributed by atoms with van der Waals surface area (Å²) >= 11 is 0. The summed E-state index contributed by atoms with van der Waals surface area (Å²) in [4.78, 5) is 4.54. The molecule has 6 rings (SSSR count). The summed E-state index contributed by atoms with van der Waals surface area (Å²) in [5.41, 5.74) is 3.64. The minimum atomic E-state index is -3.99. The molecule has 4 aromatic carbocycles. The number of aryl methyl sites for hydroxylation is 4. The summed E-state index contributed by atoms with van der Waals surface area (Å²) in [7, 11) is -15.9. The standard InChI is InChI=1S/C42H56N6O8S4/c1-35-5-13-39(14-6-35)57(49,50)45-27-23-43(24-28-46(32-31-45)58(51,52)40-15-7-36(2)8-16-40)21-22-44-25-29-47(59(53,54)41-17-9-37(3)10-18-41)33-34-48(30-26-44)60(55,56)42-19-11-38(4)12-20-42/h5-20H,21-34H2,1-4H3. The van der Waals surface area contributed by atoms with Crippen molar-refractivity contribution in [3.63, 3.8) is 0 Å². The van der Waals surface area contributed by atoms with Crippen molar-refractivity contribution < 1.29 is 33.7 Å². The van der Waals surface area contributed by atoms with E-state index in [2.05, 4.69) is 0 Å². The summed E-state index contributed by atoms with van der Waals surface area (Å²) in [5.74, 6) is 0. The maximum absolute atomic E-state index is 14.0. The van der Waals surface area contributed by atoms with E-state index in [-0.39, 0.29) is 71.9 Å². The quantitative estimate of drug-likeness (QED) is 0.218. The molecule has 0 bridgehead atoms. The normalized spacial score (nSPS) is 18.8. The zero-order chi connectivity index (χ0) is 43.3. The Labute approximate surface area is 357 Å².